The maximum atomic E-state index is 11.8. The first-order chi connectivity index (χ1) is 7.90. The van der Waals surface area contributed by atoms with Crippen molar-refractivity contribution in [2.75, 3.05) is 32.8 Å². The molecule has 1 heterocycles. The van der Waals surface area contributed by atoms with Crippen molar-refractivity contribution >= 4 is 5.91 Å². The second-order valence-corrected chi connectivity index (χ2v) is 4.06. The van der Waals surface area contributed by atoms with Gasteiger partial charge in [0, 0.05) is 25.7 Å². The SMILES string of the molecule is CC1CNCCN1C(=O)CCOCC(F)(F)F. The van der Waals surface area contributed by atoms with Crippen LogP contribution in [0.2, 0.25) is 0 Å². The Morgan fingerprint density at radius 1 is 1.53 bits per heavy atom. The summed E-state index contributed by atoms with van der Waals surface area (Å²) in [5, 5.41) is 3.13. The number of hydrogen-bond acceptors (Lipinski definition) is 3. The first-order valence-corrected chi connectivity index (χ1v) is 5.55. The number of hydrogen-bond donors (Lipinski definition) is 1. The Hall–Kier alpha value is -0.820. The molecule has 1 rings (SSSR count). The average molecular weight is 254 g/mol. The zero-order valence-electron chi connectivity index (χ0n) is 9.72. The molecule has 0 saturated carbocycles. The van der Waals surface area contributed by atoms with Crippen LogP contribution in [-0.4, -0.2) is 55.9 Å². The molecule has 1 amide bonds. The minimum atomic E-state index is -4.33. The van der Waals surface area contributed by atoms with Gasteiger partial charge in [0.2, 0.25) is 5.91 Å². The Morgan fingerprint density at radius 2 is 2.24 bits per heavy atom. The number of rotatable bonds is 4. The Morgan fingerprint density at radius 3 is 2.82 bits per heavy atom. The molecule has 100 valence electrons. The molecule has 0 radical (unpaired) electrons. The number of halogens is 3. The van der Waals surface area contributed by atoms with E-state index in [0.29, 0.717) is 6.54 Å². The third-order valence-corrected chi connectivity index (χ3v) is 2.55. The van der Waals surface area contributed by atoms with Gasteiger partial charge in [0.05, 0.1) is 13.0 Å². The van der Waals surface area contributed by atoms with E-state index < -0.39 is 12.8 Å². The van der Waals surface area contributed by atoms with Crippen LogP contribution >= 0.6 is 0 Å². The topological polar surface area (TPSA) is 41.6 Å². The minimum Gasteiger partial charge on any atom is -0.372 e. The van der Waals surface area contributed by atoms with Crippen molar-refractivity contribution in [1.82, 2.24) is 10.2 Å². The fourth-order valence-electron chi connectivity index (χ4n) is 1.70. The molecule has 4 nitrogen and oxygen atoms in total. The molecule has 7 heteroatoms. The lowest BCUT2D eigenvalue weighted by Crippen LogP contribution is -2.52. The fraction of sp³-hybridized carbons (Fsp3) is 0.900. The molecule has 1 saturated heterocycles. The van der Waals surface area contributed by atoms with Gasteiger partial charge in [0.25, 0.3) is 0 Å². The van der Waals surface area contributed by atoms with E-state index in [1.165, 1.54) is 0 Å². The highest BCUT2D eigenvalue weighted by atomic mass is 19.4. The highest BCUT2D eigenvalue weighted by Crippen LogP contribution is 2.14. The van der Waals surface area contributed by atoms with Crippen LogP contribution in [0.15, 0.2) is 0 Å². The Bertz CT molecular complexity index is 258. The molecule has 0 aromatic heterocycles. The van der Waals surface area contributed by atoms with Crippen molar-refractivity contribution in [3.05, 3.63) is 0 Å². The maximum Gasteiger partial charge on any atom is 0.411 e. The molecule has 1 unspecified atom stereocenters. The number of alkyl halides is 3. The Kier molecular flexibility index (Phi) is 5.20. The third kappa shape index (κ3) is 5.36. The van der Waals surface area contributed by atoms with Gasteiger partial charge in [-0.15, -0.1) is 0 Å². The monoisotopic (exact) mass is 254 g/mol. The van der Waals surface area contributed by atoms with Gasteiger partial charge in [0.1, 0.15) is 6.61 Å². The standard InChI is InChI=1S/C10H17F3N2O2/c1-8-6-14-3-4-15(8)9(16)2-5-17-7-10(11,12)13/h8,14H,2-7H2,1H3. The lowest BCUT2D eigenvalue weighted by molar-refractivity contribution is -0.175. The normalized spacial score (nSPS) is 21.6. The summed E-state index contributed by atoms with van der Waals surface area (Å²) in [6, 6.07) is 0.0823. The van der Waals surface area contributed by atoms with Gasteiger partial charge in [-0.25, -0.2) is 0 Å². The van der Waals surface area contributed by atoms with Crippen LogP contribution in [0, 0.1) is 0 Å². The molecule has 1 aliphatic rings. The molecule has 0 aromatic carbocycles. The first kappa shape index (κ1) is 14.2. The average Bonchev–Trinajstić information content (AvgIpc) is 2.23. The van der Waals surface area contributed by atoms with E-state index in [2.05, 4.69) is 10.1 Å². The van der Waals surface area contributed by atoms with Gasteiger partial charge < -0.3 is 15.0 Å². The van der Waals surface area contributed by atoms with E-state index in [4.69, 9.17) is 0 Å². The summed E-state index contributed by atoms with van der Waals surface area (Å²) in [4.78, 5) is 13.3. The van der Waals surface area contributed by atoms with Gasteiger partial charge in [-0.05, 0) is 6.92 Å². The molecule has 1 fully saturated rings. The van der Waals surface area contributed by atoms with E-state index in [-0.39, 0.29) is 25.0 Å². The van der Waals surface area contributed by atoms with Crippen LogP contribution in [0.5, 0.6) is 0 Å². The highest BCUT2D eigenvalue weighted by molar-refractivity contribution is 5.76. The number of amides is 1. The van der Waals surface area contributed by atoms with Crippen LogP contribution in [0.4, 0.5) is 13.2 Å². The first-order valence-electron chi connectivity index (χ1n) is 5.55. The third-order valence-electron chi connectivity index (χ3n) is 2.55. The van der Waals surface area contributed by atoms with E-state index in [9.17, 15) is 18.0 Å². The Balaban J connectivity index is 2.20. The van der Waals surface area contributed by atoms with Crippen molar-refractivity contribution < 1.29 is 22.7 Å². The van der Waals surface area contributed by atoms with Crippen molar-refractivity contribution in [2.45, 2.75) is 25.6 Å². The summed E-state index contributed by atoms with van der Waals surface area (Å²) in [6.07, 6.45) is -4.33. The number of nitrogens with zero attached hydrogens (tertiary/aromatic N) is 1. The van der Waals surface area contributed by atoms with Crippen molar-refractivity contribution in [1.29, 1.82) is 0 Å². The zero-order chi connectivity index (χ0) is 12.9. The van der Waals surface area contributed by atoms with Crippen LogP contribution in [0.1, 0.15) is 13.3 Å². The molecule has 0 aliphatic carbocycles. The smallest absolute Gasteiger partial charge is 0.372 e. The second kappa shape index (κ2) is 6.20. The lowest BCUT2D eigenvalue weighted by Gasteiger charge is -2.34. The molecule has 1 atom stereocenters. The van der Waals surface area contributed by atoms with E-state index in [1.807, 2.05) is 6.92 Å². The summed E-state index contributed by atoms with van der Waals surface area (Å²) in [7, 11) is 0. The maximum absolute atomic E-state index is 11.8. The van der Waals surface area contributed by atoms with Gasteiger partial charge in [-0.1, -0.05) is 0 Å². The molecular weight excluding hydrogens is 237 g/mol. The number of carbonyl (C=O) groups excluding carboxylic acids is 1. The highest BCUT2D eigenvalue weighted by Gasteiger charge is 2.28. The molecule has 0 bridgehead atoms. The number of ether oxygens (including phenoxy) is 1. The van der Waals surface area contributed by atoms with Gasteiger partial charge in [0.15, 0.2) is 0 Å². The summed E-state index contributed by atoms with van der Waals surface area (Å²) in [5.74, 6) is -0.152. The lowest BCUT2D eigenvalue weighted by atomic mass is 10.2. The van der Waals surface area contributed by atoms with E-state index in [1.54, 1.807) is 4.90 Å². The number of piperazine rings is 1. The summed E-state index contributed by atoms with van der Waals surface area (Å²) in [5.41, 5.74) is 0. The van der Waals surface area contributed by atoms with Crippen LogP contribution in [0.25, 0.3) is 0 Å². The van der Waals surface area contributed by atoms with Crippen LogP contribution < -0.4 is 5.32 Å². The number of nitrogens with one attached hydrogen (secondary N) is 1. The predicted molar refractivity (Wildman–Crippen MR) is 55.5 cm³/mol. The molecule has 0 spiro atoms. The molecule has 1 N–H and O–H groups in total. The molecule has 0 aromatic rings. The zero-order valence-corrected chi connectivity index (χ0v) is 9.72. The quantitative estimate of drug-likeness (QED) is 0.754. The second-order valence-electron chi connectivity index (χ2n) is 4.06. The molecule has 1 aliphatic heterocycles. The Labute approximate surface area is 98.1 Å². The van der Waals surface area contributed by atoms with E-state index >= 15 is 0 Å². The van der Waals surface area contributed by atoms with Crippen molar-refractivity contribution in [2.24, 2.45) is 0 Å². The van der Waals surface area contributed by atoms with Gasteiger partial charge in [-0.2, -0.15) is 13.2 Å². The number of carbonyl (C=O) groups is 1. The van der Waals surface area contributed by atoms with Gasteiger partial charge >= 0.3 is 6.18 Å². The summed E-state index contributed by atoms with van der Waals surface area (Å²) >= 11 is 0. The predicted octanol–water partition coefficient (Wildman–Crippen LogP) is 0.776. The summed E-state index contributed by atoms with van der Waals surface area (Å²) < 4.78 is 39.7. The largest absolute Gasteiger partial charge is 0.411 e. The van der Waals surface area contributed by atoms with E-state index in [0.717, 1.165) is 13.1 Å². The molecule has 17 heavy (non-hydrogen) atoms. The fourth-order valence-corrected chi connectivity index (χ4v) is 1.70. The van der Waals surface area contributed by atoms with Crippen LogP contribution in [-0.2, 0) is 9.53 Å². The van der Waals surface area contributed by atoms with Gasteiger partial charge in [-0.3, -0.25) is 4.79 Å². The van der Waals surface area contributed by atoms with Crippen molar-refractivity contribution in [3.63, 3.8) is 0 Å². The van der Waals surface area contributed by atoms with Crippen LogP contribution in [0.3, 0.4) is 0 Å². The summed E-state index contributed by atoms with van der Waals surface area (Å²) in [6.45, 7) is 2.46. The molecular formula is C10H17F3N2O2. The minimum absolute atomic E-state index is 0.000417. The van der Waals surface area contributed by atoms with Crippen molar-refractivity contribution in [3.8, 4) is 0 Å².